The van der Waals surface area contributed by atoms with Crippen LogP contribution >= 0.6 is 0 Å². The fraction of sp³-hybridized carbons (Fsp3) is 0.294. The molecule has 0 saturated carbocycles. The maximum atomic E-state index is 13.5. The second-order valence-corrected chi connectivity index (χ2v) is 5.50. The highest BCUT2D eigenvalue weighted by atomic mass is 19.1. The smallest absolute Gasteiger partial charge is 0.123 e. The Morgan fingerprint density at radius 2 is 1.89 bits per heavy atom. The summed E-state index contributed by atoms with van der Waals surface area (Å²) in [5.41, 5.74) is 3.82. The average molecular weight is 255 g/mol. The topological polar surface area (TPSA) is 12.0 Å². The second-order valence-electron chi connectivity index (χ2n) is 5.50. The van der Waals surface area contributed by atoms with Gasteiger partial charge in [-0.15, -0.1) is 0 Å². The van der Waals surface area contributed by atoms with E-state index in [1.807, 2.05) is 12.1 Å². The molecule has 19 heavy (non-hydrogen) atoms. The van der Waals surface area contributed by atoms with E-state index in [0.29, 0.717) is 0 Å². The van der Waals surface area contributed by atoms with Crippen LogP contribution in [0.15, 0.2) is 48.5 Å². The number of halogens is 1. The first-order chi connectivity index (χ1) is 9.20. The van der Waals surface area contributed by atoms with E-state index in [0.717, 1.165) is 25.1 Å². The summed E-state index contributed by atoms with van der Waals surface area (Å²) >= 11 is 0. The molecule has 2 aromatic carbocycles. The molecule has 0 atom stereocenters. The molecular weight excluding hydrogens is 237 g/mol. The van der Waals surface area contributed by atoms with Gasteiger partial charge in [0.15, 0.2) is 0 Å². The maximum Gasteiger partial charge on any atom is 0.123 e. The van der Waals surface area contributed by atoms with Gasteiger partial charge in [-0.2, -0.15) is 0 Å². The van der Waals surface area contributed by atoms with Gasteiger partial charge < -0.3 is 5.32 Å². The molecule has 98 valence electrons. The second kappa shape index (κ2) is 4.78. The van der Waals surface area contributed by atoms with Crippen LogP contribution in [0.1, 0.15) is 16.7 Å². The number of aryl methyl sites for hydroxylation is 1. The highest BCUT2D eigenvalue weighted by molar-refractivity contribution is 5.36. The quantitative estimate of drug-likeness (QED) is 0.888. The van der Waals surface area contributed by atoms with Gasteiger partial charge in [-0.05, 0) is 42.2 Å². The molecule has 2 aromatic rings. The van der Waals surface area contributed by atoms with E-state index in [2.05, 4.69) is 36.5 Å². The summed E-state index contributed by atoms with van der Waals surface area (Å²) in [6, 6.07) is 15.5. The minimum atomic E-state index is -0.145. The third-order valence-electron chi connectivity index (χ3n) is 4.15. The largest absolute Gasteiger partial charge is 0.315 e. The van der Waals surface area contributed by atoms with Crippen LogP contribution in [-0.4, -0.2) is 13.1 Å². The van der Waals surface area contributed by atoms with Crippen LogP contribution < -0.4 is 5.32 Å². The Bertz CT molecular complexity index is 587. The molecule has 1 nitrogen and oxygen atoms in total. The molecule has 1 heterocycles. The molecule has 1 aliphatic heterocycles. The van der Waals surface area contributed by atoms with Crippen molar-refractivity contribution in [2.24, 2.45) is 0 Å². The van der Waals surface area contributed by atoms with Crippen molar-refractivity contribution in [3.63, 3.8) is 0 Å². The van der Waals surface area contributed by atoms with Crippen molar-refractivity contribution in [1.82, 2.24) is 5.32 Å². The lowest BCUT2D eigenvalue weighted by atomic mass is 9.70. The van der Waals surface area contributed by atoms with E-state index < -0.39 is 0 Å². The van der Waals surface area contributed by atoms with Gasteiger partial charge >= 0.3 is 0 Å². The van der Waals surface area contributed by atoms with Crippen LogP contribution in [0, 0.1) is 12.7 Å². The van der Waals surface area contributed by atoms with Gasteiger partial charge in [-0.25, -0.2) is 4.39 Å². The molecule has 1 aliphatic rings. The lowest BCUT2D eigenvalue weighted by Gasteiger charge is -2.44. The van der Waals surface area contributed by atoms with Gasteiger partial charge in [-0.3, -0.25) is 0 Å². The number of nitrogens with one attached hydrogen (secondary N) is 1. The summed E-state index contributed by atoms with van der Waals surface area (Å²) in [6.07, 6.45) is 0.968. The minimum Gasteiger partial charge on any atom is -0.315 e. The van der Waals surface area contributed by atoms with E-state index in [1.165, 1.54) is 17.2 Å². The predicted octanol–water partition coefficient (Wildman–Crippen LogP) is 3.22. The van der Waals surface area contributed by atoms with E-state index in [-0.39, 0.29) is 11.2 Å². The maximum absolute atomic E-state index is 13.5. The van der Waals surface area contributed by atoms with Crippen molar-refractivity contribution in [2.75, 3.05) is 13.1 Å². The fourth-order valence-corrected chi connectivity index (χ4v) is 2.85. The number of rotatable bonds is 3. The van der Waals surface area contributed by atoms with Gasteiger partial charge in [0.2, 0.25) is 0 Å². The van der Waals surface area contributed by atoms with E-state index in [1.54, 1.807) is 6.07 Å². The van der Waals surface area contributed by atoms with Crippen LogP contribution in [0.5, 0.6) is 0 Å². The normalized spacial score (nSPS) is 16.9. The highest BCUT2D eigenvalue weighted by Gasteiger charge is 2.39. The molecule has 0 unspecified atom stereocenters. The van der Waals surface area contributed by atoms with Gasteiger partial charge in [0.05, 0.1) is 0 Å². The molecule has 3 rings (SSSR count). The Labute approximate surface area is 113 Å². The molecule has 2 heteroatoms. The molecule has 0 aliphatic carbocycles. The lowest BCUT2D eigenvalue weighted by Crippen LogP contribution is -2.58. The fourth-order valence-electron chi connectivity index (χ4n) is 2.85. The Morgan fingerprint density at radius 3 is 2.53 bits per heavy atom. The average Bonchev–Trinajstić information content (AvgIpc) is 2.36. The first kappa shape index (κ1) is 12.4. The summed E-state index contributed by atoms with van der Waals surface area (Å²) in [4.78, 5) is 0. The summed E-state index contributed by atoms with van der Waals surface area (Å²) in [5, 5.41) is 3.34. The molecule has 0 aromatic heterocycles. The lowest BCUT2D eigenvalue weighted by molar-refractivity contribution is 0.273. The SMILES string of the molecule is Cc1ccccc1CC1(c2cccc(F)c2)CNC1. The Balaban J connectivity index is 1.94. The van der Waals surface area contributed by atoms with E-state index >= 15 is 0 Å². The monoisotopic (exact) mass is 255 g/mol. The van der Waals surface area contributed by atoms with Crippen LogP contribution in [0.4, 0.5) is 4.39 Å². The molecule has 0 bridgehead atoms. The third kappa shape index (κ3) is 2.28. The minimum absolute atomic E-state index is 0.0498. The van der Waals surface area contributed by atoms with Crippen LogP contribution in [0.2, 0.25) is 0 Å². The zero-order valence-corrected chi connectivity index (χ0v) is 11.1. The molecule has 1 fully saturated rings. The number of hydrogen-bond acceptors (Lipinski definition) is 1. The molecule has 0 amide bonds. The van der Waals surface area contributed by atoms with Crippen molar-refractivity contribution >= 4 is 0 Å². The van der Waals surface area contributed by atoms with Gasteiger partial charge in [-0.1, -0.05) is 36.4 Å². The zero-order valence-electron chi connectivity index (χ0n) is 11.1. The van der Waals surface area contributed by atoms with Crippen molar-refractivity contribution in [3.8, 4) is 0 Å². The molecule has 0 spiro atoms. The van der Waals surface area contributed by atoms with Gasteiger partial charge in [0.25, 0.3) is 0 Å². The summed E-state index contributed by atoms with van der Waals surface area (Å²) < 4.78 is 13.5. The summed E-state index contributed by atoms with van der Waals surface area (Å²) in [5.74, 6) is -0.145. The van der Waals surface area contributed by atoms with Crippen molar-refractivity contribution in [1.29, 1.82) is 0 Å². The molecular formula is C17H18FN. The van der Waals surface area contributed by atoms with Crippen molar-refractivity contribution < 1.29 is 4.39 Å². The van der Waals surface area contributed by atoms with E-state index in [9.17, 15) is 4.39 Å². The standard InChI is InChI=1S/C17H18FN/c1-13-5-2-3-6-14(13)10-17(11-19-12-17)15-7-4-8-16(18)9-15/h2-9,19H,10-12H2,1H3. The number of hydrogen-bond donors (Lipinski definition) is 1. The summed E-state index contributed by atoms with van der Waals surface area (Å²) in [7, 11) is 0. The van der Waals surface area contributed by atoms with Crippen LogP contribution in [0.3, 0.4) is 0 Å². The highest BCUT2D eigenvalue weighted by Crippen LogP contribution is 2.33. The predicted molar refractivity (Wildman–Crippen MR) is 75.8 cm³/mol. The molecule has 0 radical (unpaired) electrons. The molecule has 1 N–H and O–H groups in total. The first-order valence-electron chi connectivity index (χ1n) is 6.71. The van der Waals surface area contributed by atoms with Crippen molar-refractivity contribution in [2.45, 2.75) is 18.8 Å². The molecule has 1 saturated heterocycles. The Morgan fingerprint density at radius 1 is 1.11 bits per heavy atom. The van der Waals surface area contributed by atoms with E-state index in [4.69, 9.17) is 0 Å². The third-order valence-corrected chi connectivity index (χ3v) is 4.15. The Kier molecular flexibility index (Phi) is 3.11. The zero-order chi connectivity index (χ0) is 13.3. The van der Waals surface area contributed by atoms with Crippen molar-refractivity contribution in [3.05, 3.63) is 71.0 Å². The number of benzene rings is 2. The Hall–Kier alpha value is -1.67. The van der Waals surface area contributed by atoms with Crippen LogP contribution in [0.25, 0.3) is 0 Å². The van der Waals surface area contributed by atoms with Gasteiger partial charge in [0.1, 0.15) is 5.82 Å². The summed E-state index contributed by atoms with van der Waals surface area (Å²) in [6.45, 7) is 3.98. The van der Waals surface area contributed by atoms with Gasteiger partial charge in [0, 0.05) is 18.5 Å². The van der Waals surface area contributed by atoms with Crippen LogP contribution in [-0.2, 0) is 11.8 Å². The first-order valence-corrected chi connectivity index (χ1v) is 6.71.